The van der Waals surface area contributed by atoms with Crippen molar-refractivity contribution in [3.63, 3.8) is 0 Å². The monoisotopic (exact) mass is 448 g/mol. The quantitative estimate of drug-likeness (QED) is 0.465. The van der Waals surface area contributed by atoms with Gasteiger partial charge in [-0.05, 0) is 29.8 Å². The second-order valence-electron chi connectivity index (χ2n) is 8.06. The molecule has 0 saturated carbocycles. The molecule has 8 nitrogen and oxygen atoms in total. The van der Waals surface area contributed by atoms with Crippen LogP contribution in [0.3, 0.4) is 0 Å². The summed E-state index contributed by atoms with van der Waals surface area (Å²) in [6.07, 6.45) is 0.736. The molecule has 32 heavy (non-hydrogen) atoms. The first-order valence-corrected chi connectivity index (χ1v) is 11.7. The van der Waals surface area contributed by atoms with Gasteiger partial charge in [0.15, 0.2) is 17.3 Å². The van der Waals surface area contributed by atoms with Gasteiger partial charge in [0.05, 0.1) is 6.54 Å². The van der Waals surface area contributed by atoms with Crippen molar-refractivity contribution in [1.82, 2.24) is 24.7 Å². The molecule has 9 heteroatoms. The van der Waals surface area contributed by atoms with Crippen molar-refractivity contribution in [2.75, 3.05) is 44.3 Å². The summed E-state index contributed by atoms with van der Waals surface area (Å²) in [7, 11) is 0. The van der Waals surface area contributed by atoms with E-state index in [1.54, 1.807) is 11.3 Å². The van der Waals surface area contributed by atoms with E-state index in [0.717, 1.165) is 72.0 Å². The summed E-state index contributed by atoms with van der Waals surface area (Å²) < 4.78 is 13.2. The summed E-state index contributed by atoms with van der Waals surface area (Å²) in [6, 6.07) is 16.7. The Hall–Kier alpha value is -3.17. The van der Waals surface area contributed by atoms with Crippen LogP contribution in [-0.4, -0.2) is 64.1 Å². The van der Waals surface area contributed by atoms with Crippen LogP contribution in [0, 0.1) is 0 Å². The van der Waals surface area contributed by atoms with E-state index in [4.69, 9.17) is 14.6 Å². The molecule has 1 saturated heterocycles. The molecule has 0 N–H and O–H groups in total. The van der Waals surface area contributed by atoms with Gasteiger partial charge >= 0.3 is 0 Å². The first kappa shape index (κ1) is 19.5. The van der Waals surface area contributed by atoms with Crippen molar-refractivity contribution in [2.24, 2.45) is 0 Å². The fourth-order valence-corrected chi connectivity index (χ4v) is 5.13. The minimum absolute atomic E-state index is 0.593. The molecule has 6 rings (SSSR count). The summed E-state index contributed by atoms with van der Waals surface area (Å²) in [6.45, 7) is 5.98. The maximum atomic E-state index is 5.71. The smallest absolute Gasteiger partial charge is 0.234 e. The van der Waals surface area contributed by atoms with E-state index in [9.17, 15) is 0 Å². The van der Waals surface area contributed by atoms with Gasteiger partial charge in [0, 0.05) is 38.3 Å². The van der Waals surface area contributed by atoms with Crippen molar-refractivity contribution in [3.8, 4) is 11.5 Å². The Bertz CT molecular complexity index is 1220. The lowest BCUT2D eigenvalue weighted by molar-refractivity contribution is 0.171. The Morgan fingerprint density at radius 3 is 2.53 bits per heavy atom. The Morgan fingerprint density at radius 1 is 0.875 bits per heavy atom. The van der Waals surface area contributed by atoms with Crippen molar-refractivity contribution in [2.45, 2.75) is 13.0 Å². The molecule has 0 radical (unpaired) electrons. The Kier molecular flexibility index (Phi) is 5.12. The maximum Gasteiger partial charge on any atom is 0.234 e. The lowest BCUT2D eigenvalue weighted by Gasteiger charge is -2.35. The third kappa shape index (κ3) is 3.89. The van der Waals surface area contributed by atoms with E-state index in [1.807, 2.05) is 16.6 Å². The summed E-state index contributed by atoms with van der Waals surface area (Å²) in [5.41, 5.74) is 2.44. The van der Waals surface area contributed by atoms with Crippen LogP contribution >= 0.6 is 11.3 Å². The molecule has 2 aliphatic heterocycles. The van der Waals surface area contributed by atoms with E-state index >= 15 is 0 Å². The van der Waals surface area contributed by atoms with Gasteiger partial charge in [-0.1, -0.05) is 35.6 Å². The van der Waals surface area contributed by atoms with Crippen LogP contribution < -0.4 is 14.4 Å². The first-order chi connectivity index (χ1) is 15.8. The van der Waals surface area contributed by atoms with Gasteiger partial charge in [0.25, 0.3) is 0 Å². The fourth-order valence-electron chi connectivity index (χ4n) is 4.24. The van der Waals surface area contributed by atoms with Crippen LogP contribution in [-0.2, 0) is 13.0 Å². The minimum atomic E-state index is 0.593. The summed E-state index contributed by atoms with van der Waals surface area (Å²) >= 11 is 1.59. The lowest BCUT2D eigenvalue weighted by atomic mass is 10.1. The van der Waals surface area contributed by atoms with Gasteiger partial charge in [-0.25, -0.2) is 0 Å². The van der Waals surface area contributed by atoms with Gasteiger partial charge in [-0.2, -0.15) is 9.61 Å². The highest BCUT2D eigenvalue weighted by Crippen LogP contribution is 2.32. The van der Waals surface area contributed by atoms with Crippen molar-refractivity contribution >= 4 is 22.0 Å². The Balaban J connectivity index is 1.12. The van der Waals surface area contributed by atoms with E-state index < -0.39 is 0 Å². The number of hydrogen-bond donors (Lipinski definition) is 0. The molecule has 2 aromatic heterocycles. The third-order valence-corrected chi connectivity index (χ3v) is 6.82. The zero-order valence-electron chi connectivity index (χ0n) is 17.7. The molecule has 164 valence electrons. The number of para-hydroxylation sites is 1. The predicted octanol–water partition coefficient (Wildman–Crippen LogP) is 2.87. The van der Waals surface area contributed by atoms with Crippen molar-refractivity contribution in [1.29, 1.82) is 0 Å². The number of rotatable bonds is 5. The van der Waals surface area contributed by atoms with Gasteiger partial charge in [-0.3, -0.25) is 4.90 Å². The van der Waals surface area contributed by atoms with E-state index in [-0.39, 0.29) is 0 Å². The largest absolute Gasteiger partial charge is 0.486 e. The predicted molar refractivity (Wildman–Crippen MR) is 123 cm³/mol. The van der Waals surface area contributed by atoms with Crippen molar-refractivity contribution < 1.29 is 9.47 Å². The summed E-state index contributed by atoms with van der Waals surface area (Å²) in [5, 5.41) is 14.6. The molecular formula is C23H24N6O2S. The average molecular weight is 449 g/mol. The molecular weight excluding hydrogens is 424 g/mol. The Labute approximate surface area is 190 Å². The van der Waals surface area contributed by atoms with E-state index in [2.05, 4.69) is 56.4 Å². The number of ether oxygens (including phenoxy) is 2. The number of piperazine rings is 1. The topological polar surface area (TPSA) is 68.0 Å². The van der Waals surface area contributed by atoms with Crippen LogP contribution in [0.25, 0.3) is 4.96 Å². The molecule has 4 aromatic rings. The maximum absolute atomic E-state index is 5.71. The lowest BCUT2D eigenvalue weighted by Crippen LogP contribution is -2.46. The molecule has 4 heterocycles. The van der Waals surface area contributed by atoms with Crippen LogP contribution in [0.2, 0.25) is 0 Å². The molecule has 0 atom stereocenters. The Morgan fingerprint density at radius 2 is 1.69 bits per heavy atom. The van der Waals surface area contributed by atoms with Gasteiger partial charge in [-0.15, -0.1) is 10.2 Å². The molecule has 0 amide bonds. The first-order valence-electron chi connectivity index (χ1n) is 10.9. The average Bonchev–Trinajstić information content (AvgIpc) is 3.41. The minimum Gasteiger partial charge on any atom is -0.486 e. The summed E-state index contributed by atoms with van der Waals surface area (Å²) in [4.78, 5) is 5.70. The van der Waals surface area contributed by atoms with Crippen molar-refractivity contribution in [3.05, 3.63) is 64.9 Å². The second kappa shape index (κ2) is 8.40. The zero-order valence-corrected chi connectivity index (χ0v) is 18.5. The highest BCUT2D eigenvalue weighted by molar-refractivity contribution is 7.16. The zero-order chi connectivity index (χ0) is 21.3. The normalized spacial score (nSPS) is 16.6. The fraction of sp³-hybridized carbons (Fsp3) is 0.348. The molecule has 0 aliphatic carbocycles. The summed E-state index contributed by atoms with van der Waals surface area (Å²) in [5.74, 6) is 2.53. The number of benzene rings is 2. The van der Waals surface area contributed by atoms with Crippen LogP contribution in [0.1, 0.15) is 16.4 Å². The molecule has 0 bridgehead atoms. The molecule has 1 fully saturated rings. The number of aromatic nitrogens is 4. The molecule has 2 aliphatic rings. The van der Waals surface area contributed by atoms with E-state index in [1.165, 1.54) is 5.69 Å². The third-order valence-electron chi connectivity index (χ3n) is 5.92. The van der Waals surface area contributed by atoms with Crippen LogP contribution in [0.4, 0.5) is 5.69 Å². The van der Waals surface area contributed by atoms with Gasteiger partial charge in [0.2, 0.25) is 4.96 Å². The number of fused-ring (bicyclic) bond motifs is 2. The van der Waals surface area contributed by atoms with Gasteiger partial charge < -0.3 is 14.4 Å². The van der Waals surface area contributed by atoms with Crippen LogP contribution in [0.15, 0.2) is 48.5 Å². The SMILES string of the molecule is c1ccc(N2CCN(Cc3nnc4sc(Cc5ccc6c(c5)OCCO6)nn34)CC2)cc1. The molecule has 2 aromatic carbocycles. The molecule has 0 unspecified atom stereocenters. The second-order valence-corrected chi connectivity index (χ2v) is 9.10. The number of anilines is 1. The van der Waals surface area contributed by atoms with Gasteiger partial charge in [0.1, 0.15) is 18.2 Å². The standard InChI is InChI=1S/C23H24N6O2S/c1-2-4-18(5-3-1)28-10-8-27(9-11-28)16-21-24-25-23-29(21)26-22(32-23)15-17-6-7-19-20(14-17)31-13-12-30-19/h1-7,14H,8-13,15-16H2. The highest BCUT2D eigenvalue weighted by Gasteiger charge is 2.21. The van der Waals surface area contributed by atoms with E-state index in [0.29, 0.717) is 13.2 Å². The van der Waals surface area contributed by atoms with Crippen LogP contribution in [0.5, 0.6) is 11.5 Å². The highest BCUT2D eigenvalue weighted by atomic mass is 32.1. The molecule has 0 spiro atoms. The number of hydrogen-bond acceptors (Lipinski definition) is 8. The number of nitrogens with zero attached hydrogens (tertiary/aromatic N) is 6.